The summed E-state index contributed by atoms with van der Waals surface area (Å²) in [6.07, 6.45) is 2.41. The third kappa shape index (κ3) is 5.71. The first-order valence-electron chi connectivity index (χ1n) is 9.23. The summed E-state index contributed by atoms with van der Waals surface area (Å²) in [4.78, 5) is 4.45. The van der Waals surface area contributed by atoms with Crippen LogP contribution in [0, 0.1) is 0 Å². The van der Waals surface area contributed by atoms with Crippen molar-refractivity contribution >= 4 is 11.8 Å². The lowest BCUT2D eigenvalue weighted by atomic mass is 10.1. The molecule has 152 valence electrons. The number of nitrogens with zero attached hydrogens (tertiary/aromatic N) is 3. The first-order chi connectivity index (χ1) is 14.2. The van der Waals surface area contributed by atoms with E-state index in [4.69, 9.17) is 14.2 Å². The topological polar surface area (TPSA) is 90.4 Å². The second-order valence-electron chi connectivity index (χ2n) is 6.24. The Morgan fingerprint density at radius 1 is 0.862 bits per heavy atom. The van der Waals surface area contributed by atoms with Crippen molar-refractivity contribution in [2.24, 2.45) is 0 Å². The SMILES string of the molecule is COc1cccc(CCNc2nncc(NCc3ccc(OC)c(OC)c3)n2)c1. The van der Waals surface area contributed by atoms with Crippen molar-refractivity contribution in [2.45, 2.75) is 13.0 Å². The summed E-state index contributed by atoms with van der Waals surface area (Å²) in [7, 11) is 4.90. The zero-order valence-electron chi connectivity index (χ0n) is 16.8. The number of aromatic nitrogens is 3. The van der Waals surface area contributed by atoms with Gasteiger partial charge in [-0.1, -0.05) is 18.2 Å². The maximum absolute atomic E-state index is 5.33. The van der Waals surface area contributed by atoms with Crippen LogP contribution in [0.3, 0.4) is 0 Å². The Bertz CT molecular complexity index is 936. The van der Waals surface area contributed by atoms with E-state index < -0.39 is 0 Å². The van der Waals surface area contributed by atoms with Gasteiger partial charge in [0.1, 0.15) is 5.75 Å². The molecule has 0 aliphatic rings. The average molecular weight is 395 g/mol. The Morgan fingerprint density at radius 3 is 2.52 bits per heavy atom. The van der Waals surface area contributed by atoms with E-state index in [0.717, 1.165) is 17.7 Å². The Hall–Kier alpha value is -3.55. The molecular formula is C21H25N5O3. The van der Waals surface area contributed by atoms with Gasteiger partial charge in [0.2, 0.25) is 5.95 Å². The number of ether oxygens (including phenoxy) is 3. The van der Waals surface area contributed by atoms with E-state index in [1.807, 2.05) is 36.4 Å². The summed E-state index contributed by atoms with van der Waals surface area (Å²) in [6.45, 7) is 1.26. The third-order valence-electron chi connectivity index (χ3n) is 4.31. The lowest BCUT2D eigenvalue weighted by Gasteiger charge is -2.11. The molecule has 8 nitrogen and oxygen atoms in total. The van der Waals surface area contributed by atoms with E-state index in [1.54, 1.807) is 27.5 Å². The van der Waals surface area contributed by atoms with Crippen molar-refractivity contribution in [3.63, 3.8) is 0 Å². The van der Waals surface area contributed by atoms with Gasteiger partial charge >= 0.3 is 0 Å². The highest BCUT2D eigenvalue weighted by Gasteiger charge is 2.06. The molecule has 0 aliphatic heterocycles. The Balaban J connectivity index is 1.54. The zero-order chi connectivity index (χ0) is 20.5. The number of nitrogens with one attached hydrogen (secondary N) is 2. The number of benzene rings is 2. The highest BCUT2D eigenvalue weighted by atomic mass is 16.5. The Morgan fingerprint density at radius 2 is 1.72 bits per heavy atom. The smallest absolute Gasteiger partial charge is 0.244 e. The molecule has 2 aromatic carbocycles. The van der Waals surface area contributed by atoms with Gasteiger partial charge in [-0.15, -0.1) is 5.10 Å². The third-order valence-corrected chi connectivity index (χ3v) is 4.31. The largest absolute Gasteiger partial charge is 0.497 e. The van der Waals surface area contributed by atoms with Crippen molar-refractivity contribution in [1.29, 1.82) is 0 Å². The molecule has 0 radical (unpaired) electrons. The fourth-order valence-corrected chi connectivity index (χ4v) is 2.79. The molecule has 0 fully saturated rings. The molecule has 3 rings (SSSR count). The first-order valence-corrected chi connectivity index (χ1v) is 9.23. The molecule has 1 aromatic heterocycles. The fraction of sp³-hybridized carbons (Fsp3) is 0.286. The number of hydrogen-bond acceptors (Lipinski definition) is 8. The van der Waals surface area contributed by atoms with Crippen LogP contribution in [0.25, 0.3) is 0 Å². The molecule has 0 bridgehead atoms. The Kier molecular flexibility index (Phi) is 7.05. The van der Waals surface area contributed by atoms with E-state index in [-0.39, 0.29) is 0 Å². The van der Waals surface area contributed by atoms with E-state index in [2.05, 4.69) is 31.9 Å². The lowest BCUT2D eigenvalue weighted by Crippen LogP contribution is -2.10. The molecule has 0 saturated heterocycles. The lowest BCUT2D eigenvalue weighted by molar-refractivity contribution is 0.354. The molecule has 0 saturated carbocycles. The molecule has 0 atom stereocenters. The summed E-state index contributed by atoms with van der Waals surface area (Å²) >= 11 is 0. The van der Waals surface area contributed by atoms with E-state index >= 15 is 0 Å². The zero-order valence-corrected chi connectivity index (χ0v) is 16.8. The molecule has 0 amide bonds. The highest BCUT2D eigenvalue weighted by molar-refractivity contribution is 5.44. The van der Waals surface area contributed by atoms with Crippen LogP contribution in [0.15, 0.2) is 48.7 Å². The van der Waals surface area contributed by atoms with Crippen molar-refractivity contribution < 1.29 is 14.2 Å². The maximum atomic E-state index is 5.33. The minimum absolute atomic E-state index is 0.477. The summed E-state index contributed by atoms with van der Waals surface area (Å²) in [6, 6.07) is 13.7. The van der Waals surface area contributed by atoms with Crippen LogP contribution < -0.4 is 24.8 Å². The number of rotatable bonds is 10. The van der Waals surface area contributed by atoms with Gasteiger partial charge in [-0.25, -0.2) is 0 Å². The van der Waals surface area contributed by atoms with Crippen LogP contribution in [-0.2, 0) is 13.0 Å². The molecule has 0 unspecified atom stereocenters. The van der Waals surface area contributed by atoms with E-state index in [1.165, 1.54) is 5.56 Å². The number of anilines is 2. The number of hydrogen-bond donors (Lipinski definition) is 2. The van der Waals surface area contributed by atoms with E-state index in [0.29, 0.717) is 36.4 Å². The minimum Gasteiger partial charge on any atom is -0.497 e. The van der Waals surface area contributed by atoms with Gasteiger partial charge in [0.15, 0.2) is 17.3 Å². The molecule has 3 aromatic rings. The van der Waals surface area contributed by atoms with Gasteiger partial charge in [0, 0.05) is 13.1 Å². The molecule has 29 heavy (non-hydrogen) atoms. The van der Waals surface area contributed by atoms with Gasteiger partial charge < -0.3 is 24.8 Å². The summed E-state index contributed by atoms with van der Waals surface area (Å²) in [5.41, 5.74) is 2.21. The first kappa shape index (κ1) is 20.2. The van der Waals surface area contributed by atoms with E-state index in [9.17, 15) is 0 Å². The van der Waals surface area contributed by atoms with Crippen LogP contribution in [0.4, 0.5) is 11.8 Å². The highest BCUT2D eigenvalue weighted by Crippen LogP contribution is 2.27. The van der Waals surface area contributed by atoms with Crippen molar-refractivity contribution in [2.75, 3.05) is 38.5 Å². The van der Waals surface area contributed by atoms with Gasteiger partial charge in [0.25, 0.3) is 0 Å². The van der Waals surface area contributed by atoms with Crippen LogP contribution in [0.1, 0.15) is 11.1 Å². The van der Waals surface area contributed by atoms with Crippen LogP contribution in [-0.4, -0.2) is 43.1 Å². The second-order valence-corrected chi connectivity index (χ2v) is 6.24. The monoisotopic (exact) mass is 395 g/mol. The van der Waals surface area contributed by atoms with Gasteiger partial charge in [-0.3, -0.25) is 0 Å². The summed E-state index contributed by atoms with van der Waals surface area (Å²) in [5, 5.41) is 14.5. The predicted octanol–water partition coefficient (Wildman–Crippen LogP) is 3.16. The average Bonchev–Trinajstić information content (AvgIpc) is 2.78. The molecule has 1 heterocycles. The van der Waals surface area contributed by atoms with Gasteiger partial charge in [-0.2, -0.15) is 10.1 Å². The second kappa shape index (κ2) is 10.1. The summed E-state index contributed by atoms with van der Waals surface area (Å²) in [5.74, 6) is 3.35. The fourth-order valence-electron chi connectivity index (χ4n) is 2.79. The molecule has 0 aliphatic carbocycles. The molecule has 8 heteroatoms. The standard InChI is InChI=1S/C21H25N5O3/c1-27-17-6-4-5-15(11-17)9-10-22-21-25-20(14-24-26-21)23-13-16-7-8-18(28-2)19(12-16)29-3/h4-8,11-12,14H,9-10,13H2,1-3H3,(H2,22,23,25,26). The molecular weight excluding hydrogens is 370 g/mol. The van der Waals surface area contributed by atoms with Crippen molar-refractivity contribution in [3.05, 3.63) is 59.8 Å². The minimum atomic E-state index is 0.477. The van der Waals surface area contributed by atoms with Crippen LogP contribution in [0.5, 0.6) is 17.2 Å². The normalized spacial score (nSPS) is 10.3. The Labute approximate surface area is 170 Å². The van der Waals surface area contributed by atoms with Crippen LogP contribution >= 0.6 is 0 Å². The van der Waals surface area contributed by atoms with Gasteiger partial charge in [0.05, 0.1) is 27.5 Å². The summed E-state index contributed by atoms with van der Waals surface area (Å²) < 4.78 is 15.8. The van der Waals surface area contributed by atoms with Crippen molar-refractivity contribution in [1.82, 2.24) is 15.2 Å². The van der Waals surface area contributed by atoms with Gasteiger partial charge in [-0.05, 0) is 41.8 Å². The maximum Gasteiger partial charge on any atom is 0.244 e. The van der Waals surface area contributed by atoms with Crippen molar-refractivity contribution in [3.8, 4) is 17.2 Å². The number of methoxy groups -OCH3 is 3. The molecule has 2 N–H and O–H groups in total. The quantitative estimate of drug-likeness (QED) is 0.541. The molecule has 0 spiro atoms. The predicted molar refractivity (Wildman–Crippen MR) is 112 cm³/mol. The van der Waals surface area contributed by atoms with Crippen LogP contribution in [0.2, 0.25) is 0 Å².